The van der Waals surface area contributed by atoms with Gasteiger partial charge in [-0.2, -0.15) is 0 Å². The normalized spacial score (nSPS) is 22.6. The number of carbonyl (C=O) groups is 2. The summed E-state index contributed by atoms with van der Waals surface area (Å²) in [6.45, 7) is 2.34. The van der Waals surface area contributed by atoms with E-state index in [-0.39, 0.29) is 30.0 Å². The Morgan fingerprint density at radius 1 is 1.19 bits per heavy atom. The van der Waals surface area contributed by atoms with Gasteiger partial charge in [-0.1, -0.05) is 0 Å². The lowest BCUT2D eigenvalue weighted by atomic mass is 9.92. The van der Waals surface area contributed by atoms with E-state index in [1.807, 2.05) is 0 Å². The third kappa shape index (κ3) is 2.95. The van der Waals surface area contributed by atoms with Crippen molar-refractivity contribution >= 4 is 11.9 Å². The van der Waals surface area contributed by atoms with Gasteiger partial charge in [0.15, 0.2) is 0 Å². The highest BCUT2D eigenvalue weighted by atomic mass is 19.1. The van der Waals surface area contributed by atoms with Crippen LogP contribution in [0.1, 0.15) is 29.3 Å². The number of carboxylic acids is 1. The monoisotopic (exact) mass is 358 g/mol. The average Bonchev–Trinajstić information content (AvgIpc) is 3.24. The van der Waals surface area contributed by atoms with Crippen molar-refractivity contribution in [3.63, 3.8) is 0 Å². The number of aliphatic carboxylic acids is 1. The molecule has 0 spiro atoms. The molecular formula is C18H19FN4O3. The molecule has 0 unspecified atom stereocenters. The molecule has 1 aromatic heterocycles. The lowest BCUT2D eigenvalue weighted by Gasteiger charge is -2.13. The van der Waals surface area contributed by atoms with Gasteiger partial charge in [-0.15, -0.1) is 5.10 Å². The molecule has 2 heterocycles. The summed E-state index contributed by atoms with van der Waals surface area (Å²) >= 11 is 0. The van der Waals surface area contributed by atoms with Crippen molar-refractivity contribution in [2.24, 2.45) is 17.8 Å². The first-order valence-electron chi connectivity index (χ1n) is 8.65. The second-order valence-electron chi connectivity index (χ2n) is 7.03. The standard InChI is InChI=1S/C18H19FN4O3/c1-10-20-16(21-23(10)13-6-4-12(19)5-7-13)17(24)22-8-14(11-2-3-11)15(9-22)18(25)26/h4-7,11,14-15H,2-3,8-9H2,1H3,(H,25,26)/t14-,15+/m1/s1. The molecule has 1 aliphatic carbocycles. The van der Waals surface area contributed by atoms with E-state index in [9.17, 15) is 19.1 Å². The number of amides is 1. The zero-order valence-corrected chi connectivity index (χ0v) is 14.3. The smallest absolute Gasteiger partial charge is 0.308 e. The van der Waals surface area contributed by atoms with E-state index in [1.54, 1.807) is 24.0 Å². The van der Waals surface area contributed by atoms with Crippen LogP contribution in [0.5, 0.6) is 0 Å². The maximum Gasteiger partial charge on any atom is 0.308 e. The quantitative estimate of drug-likeness (QED) is 0.902. The van der Waals surface area contributed by atoms with E-state index < -0.39 is 11.9 Å². The first-order valence-corrected chi connectivity index (χ1v) is 8.65. The summed E-state index contributed by atoms with van der Waals surface area (Å²) in [5.41, 5.74) is 0.608. The molecule has 1 N–H and O–H groups in total. The summed E-state index contributed by atoms with van der Waals surface area (Å²) in [5.74, 6) is -1.13. The van der Waals surface area contributed by atoms with Crippen LogP contribution in [-0.2, 0) is 4.79 Å². The Balaban J connectivity index is 1.56. The molecule has 1 saturated carbocycles. The Hall–Kier alpha value is -2.77. The molecule has 4 rings (SSSR count). The van der Waals surface area contributed by atoms with E-state index in [0.29, 0.717) is 24.0 Å². The van der Waals surface area contributed by atoms with Crippen LogP contribution in [0, 0.1) is 30.5 Å². The number of likely N-dealkylation sites (tertiary alicyclic amines) is 1. The van der Waals surface area contributed by atoms with Crippen LogP contribution in [0.4, 0.5) is 4.39 Å². The summed E-state index contributed by atoms with van der Waals surface area (Å²) in [6.07, 6.45) is 2.07. The second kappa shape index (κ2) is 6.19. The fraction of sp³-hybridized carbons (Fsp3) is 0.444. The van der Waals surface area contributed by atoms with Crippen LogP contribution < -0.4 is 0 Å². The highest BCUT2D eigenvalue weighted by Gasteiger charge is 2.47. The number of halogens is 1. The SMILES string of the molecule is Cc1nc(C(=O)N2C[C@H](C(=O)O)[C@@H](C3CC3)C2)nn1-c1ccc(F)cc1. The first-order chi connectivity index (χ1) is 12.4. The van der Waals surface area contributed by atoms with Crippen molar-refractivity contribution in [2.75, 3.05) is 13.1 Å². The molecular weight excluding hydrogens is 339 g/mol. The topological polar surface area (TPSA) is 88.3 Å². The van der Waals surface area contributed by atoms with Crippen molar-refractivity contribution in [3.05, 3.63) is 41.7 Å². The average molecular weight is 358 g/mol. The molecule has 1 aromatic carbocycles. The van der Waals surface area contributed by atoms with Gasteiger partial charge in [0.2, 0.25) is 5.82 Å². The Labute approximate surface area is 149 Å². The van der Waals surface area contributed by atoms with Crippen LogP contribution in [0.3, 0.4) is 0 Å². The molecule has 136 valence electrons. The summed E-state index contributed by atoms with van der Waals surface area (Å²) in [6, 6.07) is 5.75. The number of nitrogens with zero attached hydrogens (tertiary/aromatic N) is 4. The molecule has 0 radical (unpaired) electrons. The summed E-state index contributed by atoms with van der Waals surface area (Å²) in [7, 11) is 0. The van der Waals surface area contributed by atoms with Crippen LogP contribution in [0.15, 0.2) is 24.3 Å². The number of aromatic nitrogens is 3. The van der Waals surface area contributed by atoms with E-state index in [1.165, 1.54) is 16.8 Å². The van der Waals surface area contributed by atoms with Gasteiger partial charge in [0.1, 0.15) is 11.6 Å². The van der Waals surface area contributed by atoms with E-state index >= 15 is 0 Å². The number of hydrogen-bond acceptors (Lipinski definition) is 4. The van der Waals surface area contributed by atoms with Gasteiger partial charge in [-0.3, -0.25) is 9.59 Å². The van der Waals surface area contributed by atoms with Gasteiger partial charge in [0, 0.05) is 13.1 Å². The van der Waals surface area contributed by atoms with Gasteiger partial charge >= 0.3 is 5.97 Å². The lowest BCUT2D eigenvalue weighted by molar-refractivity contribution is -0.142. The van der Waals surface area contributed by atoms with Crippen LogP contribution in [0.25, 0.3) is 5.69 Å². The van der Waals surface area contributed by atoms with Crippen LogP contribution in [0.2, 0.25) is 0 Å². The number of aryl methyl sites for hydroxylation is 1. The molecule has 2 fully saturated rings. The molecule has 1 aliphatic heterocycles. The minimum absolute atomic E-state index is 0.0109. The van der Waals surface area contributed by atoms with Gasteiger partial charge in [-0.05, 0) is 55.9 Å². The van der Waals surface area contributed by atoms with Crippen molar-refractivity contribution in [1.82, 2.24) is 19.7 Å². The Morgan fingerprint density at radius 2 is 1.88 bits per heavy atom. The maximum atomic E-state index is 13.1. The predicted octanol–water partition coefficient (Wildman–Crippen LogP) is 1.90. The molecule has 7 nitrogen and oxygen atoms in total. The number of benzene rings is 1. The zero-order chi connectivity index (χ0) is 18.4. The van der Waals surface area contributed by atoms with Gasteiger partial charge in [-0.25, -0.2) is 14.1 Å². The minimum atomic E-state index is -0.849. The Morgan fingerprint density at radius 3 is 2.50 bits per heavy atom. The molecule has 8 heteroatoms. The Kier molecular flexibility index (Phi) is 3.97. The fourth-order valence-electron chi connectivity index (χ4n) is 3.71. The number of carboxylic acid groups (broad SMARTS) is 1. The van der Waals surface area contributed by atoms with Gasteiger partial charge < -0.3 is 10.0 Å². The van der Waals surface area contributed by atoms with Crippen molar-refractivity contribution < 1.29 is 19.1 Å². The number of rotatable bonds is 4. The molecule has 2 atom stereocenters. The second-order valence-corrected chi connectivity index (χ2v) is 7.03. The molecule has 2 aromatic rings. The van der Waals surface area contributed by atoms with E-state index in [0.717, 1.165) is 12.8 Å². The first kappa shape index (κ1) is 16.7. The van der Waals surface area contributed by atoms with Gasteiger partial charge in [0.25, 0.3) is 5.91 Å². The van der Waals surface area contributed by atoms with Crippen molar-refractivity contribution in [3.8, 4) is 5.69 Å². The van der Waals surface area contributed by atoms with E-state index in [2.05, 4.69) is 10.1 Å². The lowest BCUT2D eigenvalue weighted by Crippen LogP contribution is -2.30. The highest BCUT2D eigenvalue weighted by Crippen LogP contribution is 2.44. The highest BCUT2D eigenvalue weighted by molar-refractivity contribution is 5.91. The molecule has 1 amide bonds. The molecule has 1 saturated heterocycles. The summed E-state index contributed by atoms with van der Waals surface area (Å²) in [5, 5.41) is 13.7. The number of hydrogen-bond donors (Lipinski definition) is 1. The van der Waals surface area contributed by atoms with Crippen LogP contribution in [-0.4, -0.2) is 49.7 Å². The molecule has 2 aliphatic rings. The van der Waals surface area contributed by atoms with E-state index in [4.69, 9.17) is 0 Å². The third-order valence-electron chi connectivity index (χ3n) is 5.23. The zero-order valence-electron chi connectivity index (χ0n) is 14.3. The summed E-state index contributed by atoms with van der Waals surface area (Å²) in [4.78, 5) is 30.1. The maximum absolute atomic E-state index is 13.1. The Bertz CT molecular complexity index is 860. The predicted molar refractivity (Wildman–Crippen MR) is 89.3 cm³/mol. The van der Waals surface area contributed by atoms with Crippen molar-refractivity contribution in [2.45, 2.75) is 19.8 Å². The van der Waals surface area contributed by atoms with Gasteiger partial charge in [0.05, 0.1) is 11.6 Å². The fourth-order valence-corrected chi connectivity index (χ4v) is 3.71. The van der Waals surface area contributed by atoms with Crippen LogP contribution >= 0.6 is 0 Å². The summed E-state index contributed by atoms with van der Waals surface area (Å²) < 4.78 is 14.6. The third-order valence-corrected chi connectivity index (χ3v) is 5.23. The number of carbonyl (C=O) groups excluding carboxylic acids is 1. The largest absolute Gasteiger partial charge is 0.481 e. The minimum Gasteiger partial charge on any atom is -0.481 e. The molecule has 0 bridgehead atoms. The molecule has 26 heavy (non-hydrogen) atoms. The van der Waals surface area contributed by atoms with Crippen molar-refractivity contribution in [1.29, 1.82) is 0 Å².